The van der Waals surface area contributed by atoms with Crippen molar-refractivity contribution >= 4 is 22.5 Å². The zero-order valence-corrected chi connectivity index (χ0v) is 9.95. The fraction of sp³-hybridized carbons (Fsp3) is 0.182. The summed E-state index contributed by atoms with van der Waals surface area (Å²) in [4.78, 5) is 5.99. The lowest BCUT2D eigenvalue weighted by Gasteiger charge is -2.15. The van der Waals surface area contributed by atoms with Crippen LogP contribution in [0.2, 0.25) is 0 Å². The Labute approximate surface area is 98.2 Å². The standard InChI is InChI=1S/C11H12N4S/c1-8-13-11(16-14-8)15(2)10(12)9-6-4-3-5-7-9/h3-7,12H,1-2H3. The third-order valence-electron chi connectivity index (χ3n) is 2.19. The lowest BCUT2D eigenvalue weighted by Crippen LogP contribution is -2.26. The van der Waals surface area contributed by atoms with E-state index < -0.39 is 0 Å². The summed E-state index contributed by atoms with van der Waals surface area (Å²) in [7, 11) is 1.83. The van der Waals surface area contributed by atoms with Gasteiger partial charge in [0.2, 0.25) is 5.13 Å². The summed E-state index contributed by atoms with van der Waals surface area (Å²) >= 11 is 1.30. The molecule has 2 rings (SSSR count). The van der Waals surface area contributed by atoms with Gasteiger partial charge in [0.15, 0.2) is 0 Å². The second-order valence-electron chi connectivity index (χ2n) is 3.40. The molecule has 2 aromatic rings. The number of nitrogens with zero attached hydrogens (tertiary/aromatic N) is 3. The zero-order chi connectivity index (χ0) is 11.5. The van der Waals surface area contributed by atoms with Gasteiger partial charge in [0.1, 0.15) is 11.7 Å². The van der Waals surface area contributed by atoms with E-state index in [9.17, 15) is 0 Å². The van der Waals surface area contributed by atoms with Crippen molar-refractivity contribution in [1.29, 1.82) is 5.41 Å². The molecule has 0 radical (unpaired) electrons. The Kier molecular flexibility index (Phi) is 2.96. The molecule has 0 bridgehead atoms. The summed E-state index contributed by atoms with van der Waals surface area (Å²) in [5, 5.41) is 8.79. The van der Waals surface area contributed by atoms with Gasteiger partial charge in [-0.3, -0.25) is 5.41 Å². The molecule has 0 saturated carbocycles. The van der Waals surface area contributed by atoms with Crippen LogP contribution in [0.25, 0.3) is 0 Å². The first-order valence-corrected chi connectivity index (χ1v) is 5.64. The van der Waals surface area contributed by atoms with Gasteiger partial charge < -0.3 is 4.90 Å². The van der Waals surface area contributed by atoms with Crippen molar-refractivity contribution < 1.29 is 0 Å². The maximum Gasteiger partial charge on any atom is 0.210 e. The molecule has 1 heterocycles. The Morgan fingerprint density at radius 3 is 2.56 bits per heavy atom. The van der Waals surface area contributed by atoms with E-state index in [1.165, 1.54) is 11.5 Å². The Balaban J connectivity index is 2.23. The van der Waals surface area contributed by atoms with E-state index in [0.29, 0.717) is 5.84 Å². The molecule has 82 valence electrons. The average molecular weight is 232 g/mol. The van der Waals surface area contributed by atoms with Gasteiger partial charge in [-0.05, 0) is 6.92 Å². The lowest BCUT2D eigenvalue weighted by atomic mass is 10.2. The topological polar surface area (TPSA) is 52.9 Å². The molecule has 0 aliphatic carbocycles. The van der Waals surface area contributed by atoms with Crippen LogP contribution in [-0.2, 0) is 0 Å². The van der Waals surface area contributed by atoms with E-state index in [1.807, 2.05) is 44.3 Å². The monoisotopic (exact) mass is 232 g/mol. The van der Waals surface area contributed by atoms with Crippen molar-refractivity contribution in [3.8, 4) is 0 Å². The third kappa shape index (κ3) is 2.09. The van der Waals surface area contributed by atoms with Crippen LogP contribution < -0.4 is 4.90 Å². The highest BCUT2D eigenvalue weighted by molar-refractivity contribution is 7.09. The smallest absolute Gasteiger partial charge is 0.210 e. The molecule has 0 aliphatic heterocycles. The number of nitrogens with one attached hydrogen (secondary N) is 1. The van der Waals surface area contributed by atoms with E-state index in [1.54, 1.807) is 4.90 Å². The van der Waals surface area contributed by atoms with Gasteiger partial charge in [-0.2, -0.15) is 4.37 Å². The first kappa shape index (κ1) is 10.8. The van der Waals surface area contributed by atoms with Gasteiger partial charge in [0.05, 0.1) is 0 Å². The van der Waals surface area contributed by atoms with E-state index >= 15 is 0 Å². The van der Waals surface area contributed by atoms with Crippen LogP contribution in [0.1, 0.15) is 11.4 Å². The maximum atomic E-state index is 8.05. The van der Waals surface area contributed by atoms with Crippen LogP contribution in [0.4, 0.5) is 5.13 Å². The molecular formula is C11H12N4S. The second kappa shape index (κ2) is 4.40. The highest BCUT2D eigenvalue weighted by Gasteiger charge is 2.12. The molecule has 1 aromatic heterocycles. The average Bonchev–Trinajstić information content (AvgIpc) is 2.75. The third-order valence-corrected chi connectivity index (χ3v) is 3.07. The fourth-order valence-electron chi connectivity index (χ4n) is 1.31. The quantitative estimate of drug-likeness (QED) is 0.638. The van der Waals surface area contributed by atoms with Crippen molar-refractivity contribution in [3.05, 3.63) is 41.7 Å². The summed E-state index contributed by atoms with van der Waals surface area (Å²) in [6.07, 6.45) is 0. The molecule has 4 nitrogen and oxygen atoms in total. The van der Waals surface area contributed by atoms with Gasteiger partial charge in [-0.25, -0.2) is 4.98 Å². The van der Waals surface area contributed by atoms with E-state index in [-0.39, 0.29) is 0 Å². The molecule has 0 unspecified atom stereocenters. The Morgan fingerprint density at radius 1 is 1.31 bits per heavy atom. The predicted octanol–water partition coefficient (Wildman–Crippen LogP) is 2.31. The summed E-state index contributed by atoms with van der Waals surface area (Å²) in [6, 6.07) is 9.59. The van der Waals surface area contributed by atoms with E-state index in [4.69, 9.17) is 5.41 Å². The van der Waals surface area contributed by atoms with Gasteiger partial charge in [0.25, 0.3) is 0 Å². The molecule has 0 spiro atoms. The van der Waals surface area contributed by atoms with E-state index in [0.717, 1.165) is 16.5 Å². The SMILES string of the molecule is Cc1nsc(N(C)C(=N)c2ccccc2)n1. The molecule has 1 N–H and O–H groups in total. The number of aryl methyl sites for hydroxylation is 1. The molecular weight excluding hydrogens is 220 g/mol. The maximum absolute atomic E-state index is 8.05. The van der Waals surface area contributed by atoms with Crippen LogP contribution in [0.15, 0.2) is 30.3 Å². The second-order valence-corrected chi connectivity index (χ2v) is 4.13. The van der Waals surface area contributed by atoms with E-state index in [2.05, 4.69) is 9.36 Å². The number of anilines is 1. The van der Waals surface area contributed by atoms with Crippen LogP contribution in [0, 0.1) is 12.3 Å². The minimum atomic E-state index is 0.428. The van der Waals surface area contributed by atoms with Crippen molar-refractivity contribution in [2.75, 3.05) is 11.9 Å². The number of rotatable bonds is 2. The summed E-state index contributed by atoms with van der Waals surface area (Å²) < 4.78 is 4.11. The number of amidine groups is 1. The minimum Gasteiger partial charge on any atom is -0.304 e. The van der Waals surface area contributed by atoms with Gasteiger partial charge in [-0.1, -0.05) is 30.3 Å². The lowest BCUT2D eigenvalue weighted by molar-refractivity contribution is 1.12. The summed E-state index contributed by atoms with van der Waals surface area (Å²) in [5.74, 6) is 1.17. The first-order valence-electron chi connectivity index (χ1n) is 4.86. The molecule has 0 atom stereocenters. The van der Waals surface area contributed by atoms with Crippen molar-refractivity contribution in [2.24, 2.45) is 0 Å². The summed E-state index contributed by atoms with van der Waals surface area (Å²) in [5.41, 5.74) is 0.873. The van der Waals surface area contributed by atoms with Gasteiger partial charge >= 0.3 is 0 Å². The number of hydrogen-bond acceptors (Lipinski definition) is 4. The molecule has 0 aliphatic rings. The largest absolute Gasteiger partial charge is 0.304 e. The van der Waals surface area contributed by atoms with Gasteiger partial charge in [-0.15, -0.1) is 0 Å². The fourth-order valence-corrected chi connectivity index (χ4v) is 1.95. The number of benzene rings is 1. The molecule has 16 heavy (non-hydrogen) atoms. The van der Waals surface area contributed by atoms with Crippen molar-refractivity contribution in [2.45, 2.75) is 6.92 Å². The first-order chi connectivity index (χ1) is 7.68. The number of hydrogen-bond donors (Lipinski definition) is 1. The Morgan fingerprint density at radius 2 is 2.00 bits per heavy atom. The molecule has 0 amide bonds. The molecule has 1 aromatic carbocycles. The Hall–Kier alpha value is -1.75. The number of aromatic nitrogens is 2. The highest BCUT2D eigenvalue weighted by atomic mass is 32.1. The predicted molar refractivity (Wildman–Crippen MR) is 66.3 cm³/mol. The van der Waals surface area contributed by atoms with Crippen LogP contribution in [0.5, 0.6) is 0 Å². The highest BCUT2D eigenvalue weighted by Crippen LogP contribution is 2.17. The van der Waals surface area contributed by atoms with Gasteiger partial charge in [0, 0.05) is 24.1 Å². The van der Waals surface area contributed by atoms with Crippen molar-refractivity contribution in [3.63, 3.8) is 0 Å². The minimum absolute atomic E-state index is 0.428. The molecule has 5 heteroatoms. The molecule has 0 saturated heterocycles. The Bertz CT molecular complexity index is 492. The summed E-state index contributed by atoms with van der Waals surface area (Å²) in [6.45, 7) is 1.85. The van der Waals surface area contributed by atoms with Crippen LogP contribution in [0.3, 0.4) is 0 Å². The van der Waals surface area contributed by atoms with Crippen LogP contribution >= 0.6 is 11.5 Å². The van der Waals surface area contributed by atoms with Crippen molar-refractivity contribution in [1.82, 2.24) is 9.36 Å². The normalized spacial score (nSPS) is 10.1. The molecule has 0 fully saturated rings. The van der Waals surface area contributed by atoms with Crippen LogP contribution in [-0.4, -0.2) is 22.2 Å². The zero-order valence-electron chi connectivity index (χ0n) is 9.14.